The minimum absolute atomic E-state index is 0.301. The standard InChI is InChI=1S/C16H19N3O4/c1-3-19(8-11-6-7-22-9-11)16(21)15(20)17-13-10(2)18-23-14(13)12-4-5-12/h6-7,9,12H,3-5,8H2,1-2H3,(H,17,20). The molecular weight excluding hydrogens is 298 g/mol. The maximum Gasteiger partial charge on any atom is 0.314 e. The number of nitrogens with one attached hydrogen (secondary N) is 1. The topological polar surface area (TPSA) is 88.6 Å². The molecule has 0 spiro atoms. The van der Waals surface area contributed by atoms with Crippen molar-refractivity contribution in [2.75, 3.05) is 11.9 Å². The van der Waals surface area contributed by atoms with E-state index in [0.29, 0.717) is 36.1 Å². The van der Waals surface area contributed by atoms with Crippen molar-refractivity contribution >= 4 is 17.5 Å². The first-order valence-corrected chi connectivity index (χ1v) is 7.67. The van der Waals surface area contributed by atoms with Crippen LogP contribution in [0.1, 0.15) is 42.7 Å². The molecule has 1 N–H and O–H groups in total. The second-order valence-corrected chi connectivity index (χ2v) is 5.69. The van der Waals surface area contributed by atoms with Crippen LogP contribution in [0.3, 0.4) is 0 Å². The number of aromatic nitrogens is 1. The van der Waals surface area contributed by atoms with Crippen LogP contribution < -0.4 is 5.32 Å². The highest BCUT2D eigenvalue weighted by molar-refractivity contribution is 6.39. The first-order valence-electron chi connectivity index (χ1n) is 7.67. The van der Waals surface area contributed by atoms with Gasteiger partial charge in [0.2, 0.25) is 0 Å². The quantitative estimate of drug-likeness (QED) is 0.856. The van der Waals surface area contributed by atoms with Crippen LogP contribution in [0.2, 0.25) is 0 Å². The van der Waals surface area contributed by atoms with E-state index in [9.17, 15) is 9.59 Å². The Morgan fingerprint density at radius 2 is 2.22 bits per heavy atom. The predicted octanol–water partition coefficient (Wildman–Crippen LogP) is 2.44. The first-order chi connectivity index (χ1) is 11.1. The lowest BCUT2D eigenvalue weighted by atomic mass is 10.2. The molecule has 0 radical (unpaired) electrons. The Kier molecular flexibility index (Phi) is 4.18. The Bertz CT molecular complexity index is 701. The van der Waals surface area contributed by atoms with E-state index < -0.39 is 11.8 Å². The number of rotatable bonds is 5. The number of amides is 2. The van der Waals surface area contributed by atoms with E-state index in [0.717, 1.165) is 18.4 Å². The summed E-state index contributed by atoms with van der Waals surface area (Å²) in [5.74, 6) is -0.295. The Morgan fingerprint density at radius 3 is 2.83 bits per heavy atom. The van der Waals surface area contributed by atoms with Gasteiger partial charge in [0.25, 0.3) is 0 Å². The molecule has 2 aromatic heterocycles. The van der Waals surface area contributed by atoms with Crippen molar-refractivity contribution < 1.29 is 18.5 Å². The summed E-state index contributed by atoms with van der Waals surface area (Å²) in [6, 6.07) is 1.77. The maximum atomic E-state index is 12.4. The third-order valence-electron chi connectivity index (χ3n) is 3.89. The van der Waals surface area contributed by atoms with Crippen molar-refractivity contribution in [2.24, 2.45) is 0 Å². The zero-order valence-corrected chi connectivity index (χ0v) is 13.2. The molecule has 1 aliphatic carbocycles. The number of nitrogens with zero attached hydrogens (tertiary/aromatic N) is 2. The maximum absolute atomic E-state index is 12.4. The van der Waals surface area contributed by atoms with Crippen molar-refractivity contribution in [1.29, 1.82) is 0 Å². The molecule has 0 unspecified atom stereocenters. The molecule has 7 heteroatoms. The molecular formula is C16H19N3O4. The van der Waals surface area contributed by atoms with E-state index >= 15 is 0 Å². The van der Waals surface area contributed by atoms with Crippen LogP contribution in [0.15, 0.2) is 27.5 Å². The first kappa shape index (κ1) is 15.3. The summed E-state index contributed by atoms with van der Waals surface area (Å²) in [7, 11) is 0. The second-order valence-electron chi connectivity index (χ2n) is 5.69. The van der Waals surface area contributed by atoms with Gasteiger partial charge in [0.05, 0.1) is 12.5 Å². The van der Waals surface area contributed by atoms with Gasteiger partial charge in [-0.05, 0) is 32.8 Å². The molecule has 1 saturated carbocycles. The van der Waals surface area contributed by atoms with Crippen LogP contribution in [0.4, 0.5) is 5.69 Å². The number of carbonyl (C=O) groups is 2. The fourth-order valence-electron chi connectivity index (χ4n) is 2.40. The van der Waals surface area contributed by atoms with E-state index in [1.165, 1.54) is 11.2 Å². The number of carbonyl (C=O) groups excluding carboxylic acids is 2. The summed E-state index contributed by atoms with van der Waals surface area (Å²) in [5.41, 5.74) is 1.96. The molecule has 23 heavy (non-hydrogen) atoms. The molecule has 7 nitrogen and oxygen atoms in total. The van der Waals surface area contributed by atoms with Crippen molar-refractivity contribution in [3.8, 4) is 0 Å². The van der Waals surface area contributed by atoms with E-state index in [2.05, 4.69) is 10.5 Å². The van der Waals surface area contributed by atoms with Crippen LogP contribution in [-0.2, 0) is 16.1 Å². The molecule has 1 fully saturated rings. The molecule has 1 aliphatic rings. The molecule has 2 amide bonds. The second kappa shape index (κ2) is 6.28. The minimum Gasteiger partial charge on any atom is -0.472 e. The Labute approximate surface area is 133 Å². The fraction of sp³-hybridized carbons (Fsp3) is 0.438. The van der Waals surface area contributed by atoms with E-state index in [1.807, 2.05) is 6.92 Å². The molecule has 0 aliphatic heterocycles. The molecule has 0 aromatic carbocycles. The number of hydrogen-bond donors (Lipinski definition) is 1. The molecule has 0 saturated heterocycles. The summed E-state index contributed by atoms with van der Waals surface area (Å²) >= 11 is 0. The predicted molar refractivity (Wildman–Crippen MR) is 81.6 cm³/mol. The van der Waals surface area contributed by atoms with Crippen LogP contribution in [-0.4, -0.2) is 28.4 Å². The molecule has 0 bridgehead atoms. The van der Waals surface area contributed by atoms with Crippen molar-refractivity contribution in [2.45, 2.75) is 39.2 Å². The molecule has 2 heterocycles. The molecule has 2 aromatic rings. The number of furan rings is 1. The molecule has 122 valence electrons. The summed E-state index contributed by atoms with van der Waals surface area (Å²) < 4.78 is 10.3. The number of likely N-dealkylation sites (N-methyl/N-ethyl adjacent to an activating group) is 1. The van der Waals surface area contributed by atoms with Gasteiger partial charge in [0, 0.05) is 24.6 Å². The third kappa shape index (κ3) is 3.28. The molecule has 0 atom stereocenters. The Hall–Kier alpha value is -2.57. The lowest BCUT2D eigenvalue weighted by molar-refractivity contribution is -0.143. The van der Waals surface area contributed by atoms with Gasteiger partial charge in [-0.3, -0.25) is 9.59 Å². The lowest BCUT2D eigenvalue weighted by Gasteiger charge is -2.19. The fourth-order valence-corrected chi connectivity index (χ4v) is 2.40. The SMILES string of the molecule is CCN(Cc1ccoc1)C(=O)C(=O)Nc1c(C)noc1C1CC1. The van der Waals surface area contributed by atoms with E-state index in [4.69, 9.17) is 8.94 Å². The van der Waals surface area contributed by atoms with Gasteiger partial charge >= 0.3 is 11.8 Å². The lowest BCUT2D eigenvalue weighted by Crippen LogP contribution is -2.39. The summed E-state index contributed by atoms with van der Waals surface area (Å²) in [5, 5.41) is 6.55. The summed E-state index contributed by atoms with van der Waals surface area (Å²) in [4.78, 5) is 26.1. The third-order valence-corrected chi connectivity index (χ3v) is 3.89. The van der Waals surface area contributed by atoms with Gasteiger partial charge in [0.15, 0.2) is 5.76 Å². The van der Waals surface area contributed by atoms with E-state index in [-0.39, 0.29) is 0 Å². The average Bonchev–Trinajstić information content (AvgIpc) is 3.14. The number of hydrogen-bond acceptors (Lipinski definition) is 5. The molecule has 3 rings (SSSR count). The highest BCUT2D eigenvalue weighted by Gasteiger charge is 2.33. The van der Waals surface area contributed by atoms with Crippen LogP contribution in [0.5, 0.6) is 0 Å². The minimum atomic E-state index is -0.677. The van der Waals surface area contributed by atoms with Crippen molar-refractivity contribution in [3.63, 3.8) is 0 Å². The normalized spacial score (nSPS) is 13.8. The number of aryl methyl sites for hydroxylation is 1. The van der Waals surface area contributed by atoms with Gasteiger partial charge in [-0.1, -0.05) is 5.16 Å². The number of anilines is 1. The monoisotopic (exact) mass is 317 g/mol. The Balaban J connectivity index is 1.69. The summed E-state index contributed by atoms with van der Waals surface area (Å²) in [6.45, 7) is 4.33. The van der Waals surface area contributed by atoms with Crippen molar-refractivity contribution in [3.05, 3.63) is 35.6 Å². The van der Waals surface area contributed by atoms with Crippen LogP contribution in [0, 0.1) is 6.92 Å². The van der Waals surface area contributed by atoms with Crippen LogP contribution >= 0.6 is 0 Å². The van der Waals surface area contributed by atoms with Gasteiger partial charge < -0.3 is 19.2 Å². The summed E-state index contributed by atoms with van der Waals surface area (Å²) in [6.07, 6.45) is 5.14. The smallest absolute Gasteiger partial charge is 0.314 e. The average molecular weight is 317 g/mol. The van der Waals surface area contributed by atoms with Gasteiger partial charge in [0.1, 0.15) is 11.4 Å². The van der Waals surface area contributed by atoms with Crippen LogP contribution in [0.25, 0.3) is 0 Å². The van der Waals surface area contributed by atoms with Gasteiger partial charge in [-0.2, -0.15) is 0 Å². The van der Waals surface area contributed by atoms with Crippen molar-refractivity contribution in [1.82, 2.24) is 10.1 Å². The highest BCUT2D eigenvalue weighted by Crippen LogP contribution is 2.44. The van der Waals surface area contributed by atoms with E-state index in [1.54, 1.807) is 19.3 Å². The highest BCUT2D eigenvalue weighted by atomic mass is 16.5. The largest absolute Gasteiger partial charge is 0.472 e. The zero-order chi connectivity index (χ0) is 16.4. The van der Waals surface area contributed by atoms with Gasteiger partial charge in [-0.25, -0.2) is 0 Å². The van der Waals surface area contributed by atoms with Gasteiger partial charge in [-0.15, -0.1) is 0 Å². The Morgan fingerprint density at radius 1 is 1.43 bits per heavy atom. The zero-order valence-electron chi connectivity index (χ0n) is 13.2.